The summed E-state index contributed by atoms with van der Waals surface area (Å²) in [5, 5.41) is 4.89. The molecule has 0 radical (unpaired) electrons. The van der Waals surface area contributed by atoms with Crippen molar-refractivity contribution in [3.8, 4) is 0 Å². The van der Waals surface area contributed by atoms with E-state index in [4.69, 9.17) is 17.3 Å². The molecule has 2 N–H and O–H groups in total. The van der Waals surface area contributed by atoms with Gasteiger partial charge in [-0.1, -0.05) is 18.5 Å². The first kappa shape index (κ1) is 15.9. The van der Waals surface area contributed by atoms with E-state index in [0.717, 1.165) is 17.5 Å². The Morgan fingerprint density at radius 3 is 2.33 bits per heavy atom. The highest BCUT2D eigenvalue weighted by Crippen LogP contribution is 2.29. The standard InChI is InChI=1S/C15H18ClF2N3/c1-4-12-14(16)13(21(3)20-12)8-15(2,19)9-5-10(17)7-11(18)6-9/h5-7H,4,8,19H2,1-3H3. The number of nitrogens with zero attached hydrogens (tertiary/aromatic N) is 2. The molecule has 0 aliphatic heterocycles. The van der Waals surface area contributed by atoms with Gasteiger partial charge >= 0.3 is 0 Å². The maximum absolute atomic E-state index is 13.4. The van der Waals surface area contributed by atoms with E-state index in [1.54, 1.807) is 18.7 Å². The molecular weight excluding hydrogens is 296 g/mol. The van der Waals surface area contributed by atoms with Crippen LogP contribution in [0.5, 0.6) is 0 Å². The zero-order chi connectivity index (χ0) is 15.8. The number of hydrogen-bond acceptors (Lipinski definition) is 2. The fourth-order valence-electron chi connectivity index (χ4n) is 2.35. The van der Waals surface area contributed by atoms with Crippen molar-refractivity contribution in [1.29, 1.82) is 0 Å². The molecule has 1 aromatic heterocycles. The fourth-order valence-corrected chi connectivity index (χ4v) is 2.71. The van der Waals surface area contributed by atoms with E-state index in [1.165, 1.54) is 12.1 Å². The van der Waals surface area contributed by atoms with E-state index >= 15 is 0 Å². The van der Waals surface area contributed by atoms with Crippen LogP contribution < -0.4 is 5.73 Å². The topological polar surface area (TPSA) is 43.8 Å². The lowest BCUT2D eigenvalue weighted by Gasteiger charge is -2.25. The zero-order valence-corrected chi connectivity index (χ0v) is 13.0. The van der Waals surface area contributed by atoms with Crippen LogP contribution in [0.1, 0.15) is 30.8 Å². The Kier molecular flexibility index (Phi) is 4.35. The van der Waals surface area contributed by atoms with Crippen molar-refractivity contribution in [3.05, 3.63) is 51.8 Å². The minimum Gasteiger partial charge on any atom is -0.321 e. The van der Waals surface area contributed by atoms with Gasteiger partial charge in [0.1, 0.15) is 11.6 Å². The van der Waals surface area contributed by atoms with Crippen LogP contribution in [0, 0.1) is 11.6 Å². The molecule has 6 heteroatoms. The molecule has 0 saturated heterocycles. The van der Waals surface area contributed by atoms with Gasteiger partial charge in [-0.2, -0.15) is 5.10 Å². The first-order valence-corrected chi connectivity index (χ1v) is 7.08. The number of aromatic nitrogens is 2. The van der Waals surface area contributed by atoms with E-state index in [1.807, 2.05) is 6.92 Å². The highest BCUT2D eigenvalue weighted by atomic mass is 35.5. The molecular formula is C15H18ClF2N3. The van der Waals surface area contributed by atoms with Gasteiger partial charge in [0, 0.05) is 25.1 Å². The lowest BCUT2D eigenvalue weighted by Crippen LogP contribution is -2.36. The summed E-state index contributed by atoms with van der Waals surface area (Å²) in [6.45, 7) is 3.68. The highest BCUT2D eigenvalue weighted by Gasteiger charge is 2.27. The van der Waals surface area contributed by atoms with Crippen molar-refractivity contribution in [2.24, 2.45) is 12.8 Å². The van der Waals surface area contributed by atoms with Gasteiger partial charge in [0.2, 0.25) is 0 Å². The number of benzene rings is 1. The zero-order valence-electron chi connectivity index (χ0n) is 12.3. The molecule has 0 saturated carbocycles. The maximum Gasteiger partial charge on any atom is 0.126 e. The number of hydrogen-bond donors (Lipinski definition) is 1. The minimum absolute atomic E-state index is 0.332. The summed E-state index contributed by atoms with van der Waals surface area (Å²) in [4.78, 5) is 0. The van der Waals surface area contributed by atoms with Crippen LogP contribution >= 0.6 is 11.6 Å². The summed E-state index contributed by atoms with van der Waals surface area (Å²) in [5.74, 6) is -1.29. The van der Waals surface area contributed by atoms with E-state index in [2.05, 4.69) is 5.10 Å². The monoisotopic (exact) mass is 313 g/mol. The molecule has 1 aromatic carbocycles. The van der Waals surface area contributed by atoms with Gasteiger partial charge in [0.25, 0.3) is 0 Å². The second-order valence-corrected chi connectivity index (χ2v) is 5.81. The normalized spacial score (nSPS) is 14.2. The van der Waals surface area contributed by atoms with Crippen molar-refractivity contribution < 1.29 is 8.78 Å². The van der Waals surface area contributed by atoms with Crippen LogP contribution in [0.25, 0.3) is 0 Å². The van der Waals surface area contributed by atoms with Crippen LogP contribution in [-0.2, 0) is 25.4 Å². The van der Waals surface area contributed by atoms with Gasteiger partial charge in [-0.25, -0.2) is 8.78 Å². The smallest absolute Gasteiger partial charge is 0.126 e. The van der Waals surface area contributed by atoms with Crippen molar-refractivity contribution >= 4 is 11.6 Å². The first-order valence-electron chi connectivity index (χ1n) is 6.70. The summed E-state index contributed by atoms with van der Waals surface area (Å²) in [6.07, 6.45) is 1.04. The van der Waals surface area contributed by atoms with Gasteiger partial charge in [0.05, 0.1) is 16.4 Å². The van der Waals surface area contributed by atoms with Gasteiger partial charge in [0.15, 0.2) is 0 Å². The summed E-state index contributed by atoms with van der Waals surface area (Å²) < 4.78 is 28.4. The number of rotatable bonds is 4. The third-order valence-electron chi connectivity index (χ3n) is 3.56. The van der Waals surface area contributed by atoms with Gasteiger partial charge in [-0.15, -0.1) is 0 Å². The molecule has 2 rings (SSSR count). The Morgan fingerprint density at radius 1 is 1.29 bits per heavy atom. The quantitative estimate of drug-likeness (QED) is 0.941. The number of nitrogens with two attached hydrogens (primary N) is 1. The molecule has 0 amide bonds. The van der Waals surface area contributed by atoms with Crippen LogP contribution in [0.2, 0.25) is 5.02 Å². The summed E-state index contributed by atoms with van der Waals surface area (Å²) >= 11 is 6.30. The molecule has 21 heavy (non-hydrogen) atoms. The summed E-state index contributed by atoms with van der Waals surface area (Å²) in [7, 11) is 1.78. The Bertz CT molecular complexity index is 645. The highest BCUT2D eigenvalue weighted by molar-refractivity contribution is 6.31. The number of halogens is 3. The average Bonchev–Trinajstić information content (AvgIpc) is 2.65. The lowest BCUT2D eigenvalue weighted by molar-refractivity contribution is 0.462. The van der Waals surface area contributed by atoms with Crippen molar-refractivity contribution in [3.63, 3.8) is 0 Å². The van der Waals surface area contributed by atoms with E-state index in [9.17, 15) is 8.78 Å². The summed E-state index contributed by atoms with van der Waals surface area (Å²) in [5.41, 5.74) is 7.24. The molecule has 1 atom stereocenters. The predicted octanol–water partition coefficient (Wildman–Crippen LogP) is 3.33. The van der Waals surface area contributed by atoms with Crippen molar-refractivity contribution in [1.82, 2.24) is 9.78 Å². The average molecular weight is 314 g/mol. The molecule has 0 aliphatic rings. The number of aryl methyl sites for hydroxylation is 2. The van der Waals surface area contributed by atoms with Crippen LogP contribution in [0.4, 0.5) is 8.78 Å². The molecule has 0 bridgehead atoms. The van der Waals surface area contributed by atoms with Crippen LogP contribution in [0.3, 0.4) is 0 Å². The minimum atomic E-state index is -0.953. The molecule has 3 nitrogen and oxygen atoms in total. The Hall–Kier alpha value is -1.46. The molecule has 0 fully saturated rings. The molecule has 1 unspecified atom stereocenters. The molecule has 2 aromatic rings. The lowest BCUT2D eigenvalue weighted by atomic mass is 9.88. The Morgan fingerprint density at radius 2 is 1.86 bits per heavy atom. The predicted molar refractivity (Wildman–Crippen MR) is 79.2 cm³/mol. The van der Waals surface area contributed by atoms with E-state index < -0.39 is 17.2 Å². The first-order chi connectivity index (χ1) is 9.74. The van der Waals surface area contributed by atoms with Crippen LogP contribution in [-0.4, -0.2) is 9.78 Å². The molecule has 1 heterocycles. The largest absolute Gasteiger partial charge is 0.321 e. The van der Waals surface area contributed by atoms with Gasteiger partial charge in [-0.05, 0) is 31.0 Å². The van der Waals surface area contributed by atoms with Gasteiger partial charge in [-0.3, -0.25) is 4.68 Å². The van der Waals surface area contributed by atoms with Crippen molar-refractivity contribution in [2.75, 3.05) is 0 Å². The van der Waals surface area contributed by atoms with E-state index in [-0.39, 0.29) is 0 Å². The fraction of sp³-hybridized carbons (Fsp3) is 0.400. The SMILES string of the molecule is CCc1nn(C)c(CC(C)(N)c2cc(F)cc(F)c2)c1Cl. The second kappa shape index (κ2) is 5.73. The molecule has 0 spiro atoms. The maximum atomic E-state index is 13.4. The third kappa shape index (κ3) is 3.24. The van der Waals surface area contributed by atoms with Gasteiger partial charge < -0.3 is 5.73 Å². The summed E-state index contributed by atoms with van der Waals surface area (Å²) in [6, 6.07) is 3.31. The van der Waals surface area contributed by atoms with Crippen molar-refractivity contribution in [2.45, 2.75) is 32.2 Å². The molecule has 0 aliphatic carbocycles. The second-order valence-electron chi connectivity index (χ2n) is 5.44. The molecule has 114 valence electrons. The Balaban J connectivity index is 2.39. The van der Waals surface area contributed by atoms with E-state index in [0.29, 0.717) is 23.4 Å². The Labute approximate surface area is 127 Å². The third-order valence-corrected chi connectivity index (χ3v) is 4.00. The van der Waals surface area contributed by atoms with Crippen LogP contribution in [0.15, 0.2) is 18.2 Å².